The Morgan fingerprint density at radius 2 is 2.06 bits per heavy atom. The fourth-order valence-electron chi connectivity index (χ4n) is 1.24. The lowest BCUT2D eigenvalue weighted by atomic mass is 10.2. The molecule has 0 radical (unpaired) electrons. The molecule has 0 aliphatic rings. The van der Waals surface area contributed by atoms with E-state index in [1.165, 1.54) is 0 Å². The Hall–Kier alpha value is -1.39. The first-order chi connectivity index (χ1) is 7.83. The van der Waals surface area contributed by atoms with E-state index < -0.39 is 0 Å². The van der Waals surface area contributed by atoms with Crippen LogP contribution in [0.5, 0.6) is 0 Å². The standard InChI is InChI=1S/C12H18N2O2/c1-16-8-7-13-10-12(15)14-9-11-5-3-2-4-6-11/h2-6,13H,7-10H2,1H3,(H,14,15). The van der Waals surface area contributed by atoms with Gasteiger partial charge >= 0.3 is 0 Å². The smallest absolute Gasteiger partial charge is 0.234 e. The molecule has 0 aromatic heterocycles. The number of benzene rings is 1. The normalized spacial score (nSPS) is 10.1. The molecule has 1 aromatic rings. The summed E-state index contributed by atoms with van der Waals surface area (Å²) in [5.41, 5.74) is 1.10. The van der Waals surface area contributed by atoms with Crippen LogP contribution in [0.3, 0.4) is 0 Å². The molecule has 1 aromatic carbocycles. The predicted octanol–water partition coefficient (Wildman–Crippen LogP) is 0.539. The summed E-state index contributed by atoms with van der Waals surface area (Å²) in [5.74, 6) is -0.0000406. The second-order valence-electron chi connectivity index (χ2n) is 3.43. The summed E-state index contributed by atoms with van der Waals surface area (Å²) in [7, 11) is 1.64. The summed E-state index contributed by atoms with van der Waals surface area (Å²) in [4.78, 5) is 11.4. The molecule has 0 saturated heterocycles. The Morgan fingerprint density at radius 1 is 1.31 bits per heavy atom. The third-order valence-corrected chi connectivity index (χ3v) is 2.10. The van der Waals surface area contributed by atoms with Gasteiger partial charge in [0.25, 0.3) is 0 Å². The van der Waals surface area contributed by atoms with Crippen LogP contribution in [0.2, 0.25) is 0 Å². The summed E-state index contributed by atoms with van der Waals surface area (Å²) in [6.07, 6.45) is 0. The highest BCUT2D eigenvalue weighted by molar-refractivity contribution is 5.77. The number of hydrogen-bond donors (Lipinski definition) is 2. The number of nitrogens with one attached hydrogen (secondary N) is 2. The molecule has 0 unspecified atom stereocenters. The maximum absolute atomic E-state index is 11.4. The fourth-order valence-corrected chi connectivity index (χ4v) is 1.24. The molecule has 1 amide bonds. The van der Waals surface area contributed by atoms with Gasteiger partial charge in [0.15, 0.2) is 0 Å². The molecule has 0 bridgehead atoms. The van der Waals surface area contributed by atoms with Crippen molar-refractivity contribution in [2.24, 2.45) is 0 Å². The summed E-state index contributed by atoms with van der Waals surface area (Å²) >= 11 is 0. The van der Waals surface area contributed by atoms with E-state index in [4.69, 9.17) is 4.74 Å². The van der Waals surface area contributed by atoms with Crippen LogP contribution in [0.15, 0.2) is 30.3 Å². The van der Waals surface area contributed by atoms with Crippen LogP contribution in [0.1, 0.15) is 5.56 Å². The average Bonchev–Trinajstić information content (AvgIpc) is 2.33. The molecule has 0 fully saturated rings. The van der Waals surface area contributed by atoms with Crippen LogP contribution in [0, 0.1) is 0 Å². The van der Waals surface area contributed by atoms with Gasteiger partial charge < -0.3 is 15.4 Å². The van der Waals surface area contributed by atoms with Gasteiger partial charge in [-0.2, -0.15) is 0 Å². The van der Waals surface area contributed by atoms with Gasteiger partial charge in [-0.25, -0.2) is 0 Å². The van der Waals surface area contributed by atoms with Gasteiger partial charge in [0, 0.05) is 20.2 Å². The Kier molecular flexibility index (Phi) is 6.22. The van der Waals surface area contributed by atoms with Crippen LogP contribution < -0.4 is 10.6 Å². The molecule has 0 aliphatic heterocycles. The van der Waals surface area contributed by atoms with Crippen molar-refractivity contribution in [3.8, 4) is 0 Å². The third kappa shape index (κ3) is 5.48. The summed E-state index contributed by atoms with van der Waals surface area (Å²) < 4.78 is 4.86. The van der Waals surface area contributed by atoms with Gasteiger partial charge in [-0.15, -0.1) is 0 Å². The minimum Gasteiger partial charge on any atom is -0.383 e. The molecular weight excluding hydrogens is 204 g/mol. The van der Waals surface area contributed by atoms with E-state index in [0.717, 1.165) is 5.56 Å². The van der Waals surface area contributed by atoms with Crippen molar-refractivity contribution in [1.82, 2.24) is 10.6 Å². The van der Waals surface area contributed by atoms with Crippen LogP contribution in [0.4, 0.5) is 0 Å². The number of carbonyl (C=O) groups is 1. The number of hydrogen-bond acceptors (Lipinski definition) is 3. The predicted molar refractivity (Wildman–Crippen MR) is 63.0 cm³/mol. The molecule has 0 atom stereocenters. The zero-order chi connectivity index (χ0) is 11.6. The molecule has 16 heavy (non-hydrogen) atoms. The Morgan fingerprint density at radius 3 is 2.75 bits per heavy atom. The van der Waals surface area contributed by atoms with Gasteiger partial charge in [-0.3, -0.25) is 4.79 Å². The van der Waals surface area contributed by atoms with E-state index in [-0.39, 0.29) is 5.91 Å². The zero-order valence-electron chi connectivity index (χ0n) is 9.53. The third-order valence-electron chi connectivity index (χ3n) is 2.10. The average molecular weight is 222 g/mol. The summed E-state index contributed by atoms with van der Waals surface area (Å²) in [6, 6.07) is 9.84. The lowest BCUT2D eigenvalue weighted by molar-refractivity contribution is -0.120. The van der Waals surface area contributed by atoms with Gasteiger partial charge in [-0.1, -0.05) is 30.3 Å². The molecule has 0 spiro atoms. The lowest BCUT2D eigenvalue weighted by Gasteiger charge is -2.06. The molecule has 4 heteroatoms. The monoisotopic (exact) mass is 222 g/mol. The summed E-state index contributed by atoms with van der Waals surface area (Å²) in [6.45, 7) is 2.21. The molecule has 1 rings (SSSR count). The minimum absolute atomic E-state index is 0.0000406. The van der Waals surface area contributed by atoms with Crippen LogP contribution in [-0.2, 0) is 16.1 Å². The van der Waals surface area contributed by atoms with E-state index in [1.54, 1.807) is 7.11 Å². The number of methoxy groups -OCH3 is 1. The van der Waals surface area contributed by atoms with E-state index in [1.807, 2.05) is 30.3 Å². The second kappa shape index (κ2) is 7.84. The first-order valence-corrected chi connectivity index (χ1v) is 5.33. The maximum atomic E-state index is 11.4. The van der Waals surface area contributed by atoms with Crippen molar-refractivity contribution in [3.05, 3.63) is 35.9 Å². The van der Waals surface area contributed by atoms with Crippen LogP contribution in [0.25, 0.3) is 0 Å². The fraction of sp³-hybridized carbons (Fsp3) is 0.417. The minimum atomic E-state index is -0.0000406. The van der Waals surface area contributed by atoms with Gasteiger partial charge in [-0.05, 0) is 5.56 Å². The van der Waals surface area contributed by atoms with E-state index in [2.05, 4.69) is 10.6 Å². The van der Waals surface area contributed by atoms with Crippen LogP contribution >= 0.6 is 0 Å². The largest absolute Gasteiger partial charge is 0.383 e. The topological polar surface area (TPSA) is 50.4 Å². The van der Waals surface area contributed by atoms with E-state index in [0.29, 0.717) is 26.2 Å². The van der Waals surface area contributed by atoms with Gasteiger partial charge in [0.05, 0.1) is 13.2 Å². The van der Waals surface area contributed by atoms with E-state index in [9.17, 15) is 4.79 Å². The SMILES string of the molecule is COCCNCC(=O)NCc1ccccc1. The highest BCUT2D eigenvalue weighted by atomic mass is 16.5. The first-order valence-electron chi connectivity index (χ1n) is 5.33. The van der Waals surface area contributed by atoms with Crippen molar-refractivity contribution in [2.45, 2.75) is 6.54 Å². The summed E-state index contributed by atoms with van der Waals surface area (Å²) in [5, 5.41) is 5.82. The molecule has 4 nitrogen and oxygen atoms in total. The molecule has 0 saturated carbocycles. The number of amides is 1. The number of carbonyl (C=O) groups excluding carboxylic acids is 1. The van der Waals surface area contributed by atoms with Crippen molar-refractivity contribution in [2.75, 3.05) is 26.8 Å². The first kappa shape index (κ1) is 12.7. The van der Waals surface area contributed by atoms with Crippen molar-refractivity contribution in [3.63, 3.8) is 0 Å². The van der Waals surface area contributed by atoms with Crippen LogP contribution in [-0.4, -0.2) is 32.7 Å². The highest BCUT2D eigenvalue weighted by Crippen LogP contribution is 1.96. The van der Waals surface area contributed by atoms with Gasteiger partial charge in [0.2, 0.25) is 5.91 Å². The Labute approximate surface area is 96.0 Å². The number of rotatable bonds is 7. The van der Waals surface area contributed by atoms with Crippen molar-refractivity contribution >= 4 is 5.91 Å². The quantitative estimate of drug-likeness (QED) is 0.662. The molecule has 88 valence electrons. The van der Waals surface area contributed by atoms with Crippen molar-refractivity contribution < 1.29 is 9.53 Å². The molecule has 0 aliphatic carbocycles. The molecule has 2 N–H and O–H groups in total. The lowest BCUT2D eigenvalue weighted by Crippen LogP contribution is -2.34. The Bertz CT molecular complexity index is 301. The Balaban J connectivity index is 2.11. The van der Waals surface area contributed by atoms with Gasteiger partial charge in [0.1, 0.15) is 0 Å². The maximum Gasteiger partial charge on any atom is 0.234 e. The zero-order valence-corrected chi connectivity index (χ0v) is 9.53. The second-order valence-corrected chi connectivity index (χ2v) is 3.43. The molecular formula is C12H18N2O2. The number of ether oxygens (including phenoxy) is 1. The van der Waals surface area contributed by atoms with Crippen molar-refractivity contribution in [1.29, 1.82) is 0 Å². The molecule has 0 heterocycles. The van der Waals surface area contributed by atoms with E-state index >= 15 is 0 Å². The highest BCUT2D eigenvalue weighted by Gasteiger charge is 1.99.